The second kappa shape index (κ2) is 8.23. The van der Waals surface area contributed by atoms with Crippen LogP contribution in [0.1, 0.15) is 35.3 Å². The Balaban J connectivity index is 1.76. The fraction of sp³-hybridized carbons (Fsp3) is 0.174. The smallest absolute Gasteiger partial charge is 0.126 e. The van der Waals surface area contributed by atoms with Gasteiger partial charge in [0.15, 0.2) is 0 Å². The minimum Gasteiger partial charge on any atom is -0.508 e. The van der Waals surface area contributed by atoms with Gasteiger partial charge >= 0.3 is 0 Å². The number of benzene rings is 3. The summed E-state index contributed by atoms with van der Waals surface area (Å²) < 4.78 is 19.1. The summed E-state index contributed by atoms with van der Waals surface area (Å²) in [5.41, 5.74) is 3.19. The van der Waals surface area contributed by atoms with Gasteiger partial charge in [0.25, 0.3) is 0 Å². The predicted octanol–water partition coefficient (Wildman–Crippen LogP) is 5.42. The molecule has 2 atom stereocenters. The van der Waals surface area contributed by atoms with E-state index in [0.29, 0.717) is 22.6 Å². The molecular weight excluding hydrogens is 391 g/mol. The van der Waals surface area contributed by atoms with Gasteiger partial charge in [0.2, 0.25) is 0 Å². The van der Waals surface area contributed by atoms with Gasteiger partial charge in [-0.1, -0.05) is 23.7 Å². The van der Waals surface area contributed by atoms with E-state index in [1.54, 1.807) is 31.4 Å². The van der Waals surface area contributed by atoms with Gasteiger partial charge in [-0.2, -0.15) is 0 Å². The van der Waals surface area contributed by atoms with E-state index < -0.39 is 6.17 Å². The minimum atomic E-state index is -0.458. The lowest BCUT2D eigenvalue weighted by Gasteiger charge is -2.31. The predicted molar refractivity (Wildman–Crippen MR) is 112 cm³/mol. The van der Waals surface area contributed by atoms with Gasteiger partial charge in [0.1, 0.15) is 23.5 Å². The molecule has 4 rings (SSSR count). The van der Waals surface area contributed by atoms with Crippen molar-refractivity contribution < 1.29 is 14.2 Å². The fourth-order valence-electron chi connectivity index (χ4n) is 3.52. The van der Waals surface area contributed by atoms with Crippen LogP contribution in [0.4, 0.5) is 4.39 Å². The number of methoxy groups -OCH3 is 1. The van der Waals surface area contributed by atoms with Crippen LogP contribution < -0.4 is 10.1 Å². The molecule has 1 aliphatic heterocycles. The molecule has 0 bridgehead atoms. The van der Waals surface area contributed by atoms with Crippen molar-refractivity contribution in [1.29, 1.82) is 0 Å². The lowest BCUT2D eigenvalue weighted by atomic mass is 9.93. The monoisotopic (exact) mass is 410 g/mol. The van der Waals surface area contributed by atoms with Crippen molar-refractivity contribution in [3.05, 3.63) is 94.3 Å². The zero-order valence-electron chi connectivity index (χ0n) is 15.8. The first-order chi connectivity index (χ1) is 14.0. The van der Waals surface area contributed by atoms with Gasteiger partial charge in [-0.15, -0.1) is 0 Å². The molecule has 6 heteroatoms. The van der Waals surface area contributed by atoms with Crippen molar-refractivity contribution in [2.75, 3.05) is 7.11 Å². The number of hydrogen-bond donors (Lipinski definition) is 2. The van der Waals surface area contributed by atoms with Crippen molar-refractivity contribution in [2.24, 2.45) is 4.99 Å². The van der Waals surface area contributed by atoms with Crippen LogP contribution in [0.25, 0.3) is 0 Å². The van der Waals surface area contributed by atoms with E-state index in [4.69, 9.17) is 21.3 Å². The summed E-state index contributed by atoms with van der Waals surface area (Å²) >= 11 is 6.16. The number of phenols is 1. The molecule has 148 valence electrons. The summed E-state index contributed by atoms with van der Waals surface area (Å²) in [4.78, 5) is 4.83. The largest absolute Gasteiger partial charge is 0.508 e. The van der Waals surface area contributed by atoms with Gasteiger partial charge in [0, 0.05) is 28.8 Å². The molecule has 1 heterocycles. The van der Waals surface area contributed by atoms with E-state index in [2.05, 4.69) is 5.32 Å². The third kappa shape index (κ3) is 4.26. The average molecular weight is 411 g/mol. The van der Waals surface area contributed by atoms with Crippen molar-refractivity contribution >= 4 is 17.3 Å². The highest BCUT2D eigenvalue weighted by Crippen LogP contribution is 2.36. The number of nitrogens with one attached hydrogen (secondary N) is 1. The van der Waals surface area contributed by atoms with Crippen LogP contribution in [0.5, 0.6) is 11.5 Å². The van der Waals surface area contributed by atoms with Gasteiger partial charge in [-0.05, 0) is 65.7 Å². The number of ether oxygens (including phenoxy) is 1. The molecule has 0 spiro atoms. The molecule has 2 unspecified atom stereocenters. The number of phenolic OH excluding ortho intramolecular Hbond substituents is 1. The van der Waals surface area contributed by atoms with Crippen molar-refractivity contribution in [2.45, 2.75) is 18.6 Å². The van der Waals surface area contributed by atoms with Crippen LogP contribution in [-0.2, 0) is 0 Å². The molecule has 0 aliphatic carbocycles. The second-order valence-corrected chi connectivity index (χ2v) is 7.32. The van der Waals surface area contributed by atoms with Gasteiger partial charge in [-0.3, -0.25) is 10.3 Å². The average Bonchev–Trinajstić information content (AvgIpc) is 2.75. The number of hydrogen-bond acceptors (Lipinski definition) is 4. The van der Waals surface area contributed by atoms with Gasteiger partial charge in [0.05, 0.1) is 7.11 Å². The Kier molecular flexibility index (Phi) is 5.51. The molecule has 0 saturated carbocycles. The quantitative estimate of drug-likeness (QED) is 0.604. The maximum Gasteiger partial charge on any atom is 0.126 e. The molecule has 29 heavy (non-hydrogen) atoms. The van der Waals surface area contributed by atoms with E-state index in [9.17, 15) is 9.50 Å². The summed E-state index contributed by atoms with van der Waals surface area (Å²) in [6.45, 7) is 0. The molecule has 0 radical (unpaired) electrons. The molecule has 1 aliphatic rings. The third-order valence-corrected chi connectivity index (χ3v) is 5.23. The molecule has 2 N–H and O–H groups in total. The first-order valence-corrected chi connectivity index (χ1v) is 9.62. The SMILES string of the molecule is COc1ccc(C2=NC(c3cccc(F)c3)NC(c3cc(Cl)ccc3O)C2)cc1. The lowest BCUT2D eigenvalue weighted by molar-refractivity contribution is 0.411. The van der Waals surface area contributed by atoms with Gasteiger partial charge < -0.3 is 9.84 Å². The Morgan fingerprint density at radius 3 is 2.62 bits per heavy atom. The standard InChI is InChI=1S/C23H20ClFN2O2/c1-29-18-8-5-14(6-9-18)20-13-21(19-12-16(24)7-10-22(19)28)27-23(26-20)15-3-2-4-17(25)11-15/h2-12,21,23,27-28H,13H2,1H3. The third-order valence-electron chi connectivity index (χ3n) is 4.99. The van der Waals surface area contributed by atoms with Crippen LogP contribution in [0, 0.1) is 5.82 Å². The normalized spacial score (nSPS) is 18.9. The zero-order valence-corrected chi connectivity index (χ0v) is 16.5. The highest BCUT2D eigenvalue weighted by molar-refractivity contribution is 6.30. The molecule has 0 aromatic heterocycles. The highest BCUT2D eigenvalue weighted by atomic mass is 35.5. The maximum absolute atomic E-state index is 13.8. The first kappa shape index (κ1) is 19.4. The molecule has 0 saturated heterocycles. The second-order valence-electron chi connectivity index (χ2n) is 6.89. The van der Waals surface area contributed by atoms with Gasteiger partial charge in [-0.25, -0.2) is 4.39 Å². The van der Waals surface area contributed by atoms with E-state index in [1.165, 1.54) is 12.1 Å². The van der Waals surface area contributed by atoms with Crippen molar-refractivity contribution in [3.8, 4) is 11.5 Å². The molecule has 0 amide bonds. The van der Waals surface area contributed by atoms with E-state index in [1.807, 2.05) is 30.3 Å². The Labute approximate surface area is 173 Å². The Bertz CT molecular complexity index is 1050. The van der Waals surface area contributed by atoms with Crippen molar-refractivity contribution in [1.82, 2.24) is 5.32 Å². The van der Waals surface area contributed by atoms with Crippen LogP contribution in [0.3, 0.4) is 0 Å². The summed E-state index contributed by atoms with van der Waals surface area (Å²) in [5, 5.41) is 14.3. The lowest BCUT2D eigenvalue weighted by Crippen LogP contribution is -2.33. The highest BCUT2D eigenvalue weighted by Gasteiger charge is 2.28. The molecule has 4 nitrogen and oxygen atoms in total. The van der Waals surface area contributed by atoms with Crippen LogP contribution in [0.2, 0.25) is 5.02 Å². The number of nitrogens with zero attached hydrogens (tertiary/aromatic N) is 1. The topological polar surface area (TPSA) is 53.8 Å². The van der Waals surface area contributed by atoms with E-state index >= 15 is 0 Å². The molecule has 0 fully saturated rings. The maximum atomic E-state index is 13.8. The summed E-state index contributed by atoms with van der Waals surface area (Å²) in [7, 11) is 1.62. The molecular formula is C23H20ClFN2O2. The van der Waals surface area contributed by atoms with Crippen molar-refractivity contribution in [3.63, 3.8) is 0 Å². The fourth-order valence-corrected chi connectivity index (χ4v) is 3.70. The Morgan fingerprint density at radius 1 is 1.10 bits per heavy atom. The van der Waals surface area contributed by atoms with E-state index in [0.717, 1.165) is 17.0 Å². The van der Waals surface area contributed by atoms with Crippen LogP contribution in [0.15, 0.2) is 71.7 Å². The zero-order chi connectivity index (χ0) is 20.4. The first-order valence-electron chi connectivity index (χ1n) is 9.24. The van der Waals surface area contributed by atoms with Crippen LogP contribution >= 0.6 is 11.6 Å². The van der Waals surface area contributed by atoms with E-state index in [-0.39, 0.29) is 17.6 Å². The molecule has 3 aromatic rings. The summed E-state index contributed by atoms with van der Waals surface area (Å²) in [6.07, 6.45) is 0.0893. The summed E-state index contributed by atoms with van der Waals surface area (Å²) in [5.74, 6) is 0.591. The minimum absolute atomic E-state index is 0.154. The number of halogens is 2. The van der Waals surface area contributed by atoms with Crippen LogP contribution in [-0.4, -0.2) is 17.9 Å². The Morgan fingerprint density at radius 2 is 1.90 bits per heavy atom. The number of rotatable bonds is 4. The Hall–Kier alpha value is -2.89. The molecule has 3 aromatic carbocycles. The number of aliphatic imine (C=N–C) groups is 1. The number of aromatic hydroxyl groups is 1. The summed E-state index contributed by atoms with van der Waals surface area (Å²) in [6, 6.07) is 18.7.